The smallest absolute Gasteiger partial charge is 0.0149 e. The fourth-order valence-electron chi connectivity index (χ4n) is 1.70. The first-order valence-electron chi connectivity index (χ1n) is 3.99. The largest absolute Gasteiger partial charge is 0.312 e. The highest BCUT2D eigenvalue weighted by molar-refractivity contribution is 5.33. The van der Waals surface area contributed by atoms with Gasteiger partial charge >= 0.3 is 0 Å². The Balaban J connectivity index is 2.27. The maximum atomic E-state index is 3.70. The first-order valence-corrected chi connectivity index (χ1v) is 3.99. The van der Waals surface area contributed by atoms with Gasteiger partial charge in [0.05, 0.1) is 0 Å². The highest BCUT2D eigenvalue weighted by Crippen LogP contribution is 2.21. The van der Waals surface area contributed by atoms with Gasteiger partial charge in [-0.25, -0.2) is 0 Å². The molecule has 1 radical (unpaired) electrons. The van der Waals surface area contributed by atoms with Crippen molar-refractivity contribution in [3.63, 3.8) is 0 Å². The van der Waals surface area contributed by atoms with Crippen molar-refractivity contribution in [1.29, 1.82) is 0 Å². The molecule has 1 N–H and O–H groups in total. The van der Waals surface area contributed by atoms with Crippen LogP contribution >= 0.6 is 0 Å². The van der Waals surface area contributed by atoms with Gasteiger partial charge in [-0.1, -0.05) is 24.3 Å². The highest BCUT2D eigenvalue weighted by Gasteiger charge is 2.18. The van der Waals surface area contributed by atoms with E-state index >= 15 is 0 Å². The van der Waals surface area contributed by atoms with Gasteiger partial charge in [-0.15, -0.1) is 0 Å². The Labute approximate surface area is 67.4 Å². The lowest BCUT2D eigenvalue weighted by molar-refractivity contribution is 0.617. The third-order valence-electron chi connectivity index (χ3n) is 2.34. The van der Waals surface area contributed by atoms with E-state index in [0.29, 0.717) is 6.04 Å². The lowest BCUT2D eigenvalue weighted by atomic mass is 10.1. The molecule has 0 fully saturated rings. The first kappa shape index (κ1) is 6.86. The summed E-state index contributed by atoms with van der Waals surface area (Å²) in [7, 11) is 3.70. The van der Waals surface area contributed by atoms with Crippen LogP contribution < -0.4 is 5.32 Å². The Hall–Kier alpha value is -0.820. The van der Waals surface area contributed by atoms with Gasteiger partial charge in [0.2, 0.25) is 0 Å². The van der Waals surface area contributed by atoms with Crippen molar-refractivity contribution in [2.45, 2.75) is 18.9 Å². The monoisotopic (exact) mass is 146 g/mol. The summed E-state index contributed by atoms with van der Waals surface area (Å²) in [6.07, 6.45) is 2.28. The average molecular weight is 146 g/mol. The predicted molar refractivity (Wildman–Crippen MR) is 46.1 cm³/mol. The molecule has 1 aromatic rings. The molecule has 0 saturated carbocycles. The van der Waals surface area contributed by atoms with Crippen LogP contribution in [-0.2, 0) is 12.8 Å². The van der Waals surface area contributed by atoms with Crippen molar-refractivity contribution in [3.8, 4) is 0 Å². The number of hydrogen-bond acceptors (Lipinski definition) is 1. The minimum Gasteiger partial charge on any atom is -0.312 e. The second kappa shape index (κ2) is 2.67. The van der Waals surface area contributed by atoms with Gasteiger partial charge in [0.15, 0.2) is 0 Å². The van der Waals surface area contributed by atoms with Gasteiger partial charge in [-0.05, 0) is 24.0 Å². The van der Waals surface area contributed by atoms with Gasteiger partial charge in [-0.2, -0.15) is 0 Å². The van der Waals surface area contributed by atoms with Gasteiger partial charge in [0.25, 0.3) is 0 Å². The number of fused-ring (bicyclic) bond motifs is 1. The average Bonchev–Trinajstić information content (AvgIpc) is 2.46. The standard InChI is InChI=1S/C10H12N/c1-11-10-6-8-4-2-3-5-9(8)7-10/h2-5,10-11H,1,6-7H2. The zero-order chi connectivity index (χ0) is 7.68. The van der Waals surface area contributed by atoms with Crippen molar-refractivity contribution in [3.05, 3.63) is 42.4 Å². The highest BCUT2D eigenvalue weighted by atomic mass is 14.9. The van der Waals surface area contributed by atoms with Crippen molar-refractivity contribution < 1.29 is 0 Å². The minimum atomic E-state index is 0.562. The summed E-state index contributed by atoms with van der Waals surface area (Å²) in [5.41, 5.74) is 2.96. The molecule has 0 saturated heterocycles. The SMILES string of the molecule is [CH2]NC1Cc2ccccc2C1. The van der Waals surface area contributed by atoms with E-state index in [2.05, 4.69) is 36.6 Å². The molecule has 57 valence electrons. The summed E-state index contributed by atoms with van der Waals surface area (Å²) < 4.78 is 0. The molecule has 0 aliphatic heterocycles. The molecule has 11 heavy (non-hydrogen) atoms. The van der Waals surface area contributed by atoms with Gasteiger partial charge in [-0.3, -0.25) is 0 Å². The Morgan fingerprint density at radius 1 is 1.18 bits per heavy atom. The number of benzene rings is 1. The summed E-state index contributed by atoms with van der Waals surface area (Å²) >= 11 is 0. The van der Waals surface area contributed by atoms with E-state index in [1.807, 2.05) is 0 Å². The fourth-order valence-corrected chi connectivity index (χ4v) is 1.70. The Morgan fingerprint density at radius 2 is 1.73 bits per heavy atom. The first-order chi connectivity index (χ1) is 5.40. The maximum absolute atomic E-state index is 3.70. The molecule has 1 aliphatic rings. The van der Waals surface area contributed by atoms with Crippen molar-refractivity contribution in [2.75, 3.05) is 0 Å². The molecule has 1 nitrogen and oxygen atoms in total. The molecule has 0 spiro atoms. The third-order valence-corrected chi connectivity index (χ3v) is 2.34. The number of nitrogens with one attached hydrogen (secondary N) is 1. The molecule has 1 aliphatic carbocycles. The van der Waals surface area contributed by atoms with E-state index in [9.17, 15) is 0 Å². The molecule has 0 amide bonds. The maximum Gasteiger partial charge on any atom is 0.0149 e. The molecular weight excluding hydrogens is 134 g/mol. The quantitative estimate of drug-likeness (QED) is 0.633. The van der Waals surface area contributed by atoms with Crippen LogP contribution in [0.25, 0.3) is 0 Å². The van der Waals surface area contributed by atoms with Gasteiger partial charge in [0, 0.05) is 13.1 Å². The fraction of sp³-hybridized carbons (Fsp3) is 0.300. The Morgan fingerprint density at radius 3 is 2.18 bits per heavy atom. The van der Waals surface area contributed by atoms with E-state index in [4.69, 9.17) is 0 Å². The lowest BCUT2D eigenvalue weighted by Gasteiger charge is -2.03. The van der Waals surface area contributed by atoms with Crippen molar-refractivity contribution >= 4 is 0 Å². The summed E-state index contributed by atoms with van der Waals surface area (Å²) in [4.78, 5) is 0. The van der Waals surface area contributed by atoms with Gasteiger partial charge < -0.3 is 5.32 Å². The molecule has 0 heterocycles. The molecule has 0 aromatic heterocycles. The van der Waals surface area contributed by atoms with Crippen LogP contribution in [0.1, 0.15) is 11.1 Å². The molecule has 2 rings (SSSR count). The summed E-state index contributed by atoms with van der Waals surface area (Å²) in [6, 6.07) is 9.17. The van der Waals surface area contributed by atoms with Crippen LogP contribution in [0, 0.1) is 7.05 Å². The predicted octanol–water partition coefficient (Wildman–Crippen LogP) is 1.53. The molecule has 1 aromatic carbocycles. The van der Waals surface area contributed by atoms with Crippen LogP contribution in [-0.4, -0.2) is 6.04 Å². The summed E-state index contributed by atoms with van der Waals surface area (Å²) in [5, 5.41) is 3.06. The molecular formula is C10H12N. The zero-order valence-electron chi connectivity index (χ0n) is 6.51. The minimum absolute atomic E-state index is 0.562. The molecule has 0 unspecified atom stereocenters. The van der Waals surface area contributed by atoms with E-state index in [-0.39, 0.29) is 0 Å². The van der Waals surface area contributed by atoms with E-state index in [1.165, 1.54) is 11.1 Å². The topological polar surface area (TPSA) is 12.0 Å². The van der Waals surface area contributed by atoms with Crippen LogP contribution in [0.3, 0.4) is 0 Å². The molecule has 0 bridgehead atoms. The lowest BCUT2D eigenvalue weighted by Crippen LogP contribution is -2.22. The second-order valence-electron chi connectivity index (χ2n) is 3.08. The van der Waals surface area contributed by atoms with E-state index in [0.717, 1.165) is 12.8 Å². The zero-order valence-corrected chi connectivity index (χ0v) is 6.51. The summed E-state index contributed by atoms with van der Waals surface area (Å²) in [5.74, 6) is 0. The summed E-state index contributed by atoms with van der Waals surface area (Å²) in [6.45, 7) is 0. The van der Waals surface area contributed by atoms with Crippen LogP contribution in [0.4, 0.5) is 0 Å². The van der Waals surface area contributed by atoms with Crippen LogP contribution in [0.5, 0.6) is 0 Å². The Kier molecular flexibility index (Phi) is 1.66. The van der Waals surface area contributed by atoms with Gasteiger partial charge in [0.1, 0.15) is 0 Å². The number of rotatable bonds is 1. The molecule has 1 heteroatoms. The Bertz CT molecular complexity index is 230. The van der Waals surface area contributed by atoms with Crippen LogP contribution in [0.2, 0.25) is 0 Å². The van der Waals surface area contributed by atoms with E-state index < -0.39 is 0 Å². The van der Waals surface area contributed by atoms with E-state index in [1.54, 1.807) is 0 Å². The second-order valence-corrected chi connectivity index (χ2v) is 3.08. The van der Waals surface area contributed by atoms with Crippen molar-refractivity contribution in [1.82, 2.24) is 5.32 Å². The molecule has 0 atom stereocenters. The third kappa shape index (κ3) is 1.16. The number of hydrogen-bond donors (Lipinski definition) is 1. The normalized spacial score (nSPS) is 16.8. The van der Waals surface area contributed by atoms with Crippen molar-refractivity contribution in [2.24, 2.45) is 0 Å². The van der Waals surface area contributed by atoms with Crippen LogP contribution in [0.15, 0.2) is 24.3 Å².